The number of benzene rings is 1. The number of halogens is 1. The number of methoxy groups -OCH3 is 2. The van der Waals surface area contributed by atoms with E-state index in [1.54, 1.807) is 23.6 Å². The van der Waals surface area contributed by atoms with Crippen LogP contribution in [0.25, 0.3) is 0 Å². The fourth-order valence-corrected chi connectivity index (χ4v) is 4.19. The lowest BCUT2D eigenvalue weighted by Crippen LogP contribution is -2.46. The quantitative estimate of drug-likeness (QED) is 0.519. The zero-order chi connectivity index (χ0) is 23.5. The summed E-state index contributed by atoms with van der Waals surface area (Å²) in [5.41, 5.74) is 0.527. The molecule has 1 fully saturated rings. The molecular weight excluding hydrogens is 447 g/mol. The van der Waals surface area contributed by atoms with Crippen molar-refractivity contribution in [3.8, 4) is 23.8 Å². The van der Waals surface area contributed by atoms with Crippen molar-refractivity contribution in [2.75, 3.05) is 30.6 Å². The summed E-state index contributed by atoms with van der Waals surface area (Å²) >= 11 is 1.16. The van der Waals surface area contributed by atoms with Crippen LogP contribution in [0, 0.1) is 18.2 Å². The Labute approximate surface area is 193 Å². The highest BCUT2D eigenvalue weighted by molar-refractivity contribution is 7.10. The maximum atomic E-state index is 13.6. The Hall–Kier alpha value is -3.97. The van der Waals surface area contributed by atoms with Crippen LogP contribution >= 0.6 is 11.3 Å². The lowest BCUT2D eigenvalue weighted by Gasteiger charge is -2.28. The molecule has 0 radical (unpaired) electrons. The minimum Gasteiger partial charge on any atom is -0.497 e. The van der Waals surface area contributed by atoms with Crippen LogP contribution < -0.4 is 19.3 Å². The molecule has 3 aromatic rings. The number of hydrogen-bond acceptors (Lipinski definition) is 7. The molecule has 0 saturated carbocycles. The van der Waals surface area contributed by atoms with Crippen LogP contribution in [0.2, 0.25) is 0 Å². The first-order chi connectivity index (χ1) is 15.9. The molecule has 0 spiro atoms. The third-order valence-electron chi connectivity index (χ3n) is 5.16. The fraction of sp³-hybridized carbons (Fsp3) is 0.217. The van der Waals surface area contributed by atoms with Gasteiger partial charge in [0.15, 0.2) is 5.01 Å². The topological polar surface area (TPSA) is 84.9 Å². The number of aromatic nitrogens is 2. The molecule has 0 aliphatic carbocycles. The first-order valence-corrected chi connectivity index (χ1v) is 10.7. The van der Waals surface area contributed by atoms with Crippen molar-refractivity contribution >= 4 is 34.7 Å². The summed E-state index contributed by atoms with van der Waals surface area (Å²) < 4.78 is 24.0. The average Bonchev–Trinajstić information content (AvgIpc) is 3.47. The fourth-order valence-electron chi connectivity index (χ4n) is 3.59. The van der Waals surface area contributed by atoms with Crippen molar-refractivity contribution < 1.29 is 23.5 Å². The van der Waals surface area contributed by atoms with E-state index in [1.165, 1.54) is 36.2 Å². The van der Waals surface area contributed by atoms with Crippen molar-refractivity contribution in [2.45, 2.75) is 12.5 Å². The van der Waals surface area contributed by atoms with Gasteiger partial charge in [-0.1, -0.05) is 0 Å². The minimum atomic E-state index is -0.850. The van der Waals surface area contributed by atoms with Crippen molar-refractivity contribution in [1.29, 1.82) is 0 Å². The molecule has 2 amide bonds. The van der Waals surface area contributed by atoms with E-state index >= 15 is 0 Å². The number of terminal acetylenes is 1. The maximum Gasteiger partial charge on any atom is 0.278 e. The Balaban J connectivity index is 1.76. The SMILES string of the molecule is C#Cc1nc(C(=O)N(c2cc(OC)cc(OC)c2)C2CCN(c3ccc(F)cn3)C2=O)cs1. The Kier molecular flexibility index (Phi) is 6.24. The molecule has 1 aliphatic heterocycles. The normalized spacial score (nSPS) is 15.3. The average molecular weight is 466 g/mol. The van der Waals surface area contributed by atoms with Crippen molar-refractivity contribution in [2.24, 2.45) is 0 Å². The molecule has 3 heterocycles. The number of hydrogen-bond donors (Lipinski definition) is 0. The van der Waals surface area contributed by atoms with E-state index in [0.717, 1.165) is 17.5 Å². The van der Waals surface area contributed by atoms with Gasteiger partial charge in [-0.3, -0.25) is 19.4 Å². The van der Waals surface area contributed by atoms with E-state index in [4.69, 9.17) is 15.9 Å². The summed E-state index contributed by atoms with van der Waals surface area (Å²) in [5, 5.41) is 1.91. The van der Waals surface area contributed by atoms with Crippen molar-refractivity contribution in [1.82, 2.24) is 9.97 Å². The Bertz CT molecular complexity index is 1220. The summed E-state index contributed by atoms with van der Waals surface area (Å²) in [5.74, 6) is 2.28. The number of amides is 2. The molecule has 10 heteroatoms. The van der Waals surface area contributed by atoms with Gasteiger partial charge in [0, 0.05) is 30.1 Å². The van der Waals surface area contributed by atoms with Crippen molar-refractivity contribution in [3.63, 3.8) is 0 Å². The minimum absolute atomic E-state index is 0.126. The molecule has 0 N–H and O–H groups in total. The highest BCUT2D eigenvalue weighted by atomic mass is 32.1. The summed E-state index contributed by atoms with van der Waals surface area (Å²) in [4.78, 5) is 38.0. The van der Waals surface area contributed by atoms with Gasteiger partial charge in [-0.05, 0) is 24.5 Å². The second-order valence-electron chi connectivity index (χ2n) is 7.06. The highest BCUT2D eigenvalue weighted by Crippen LogP contribution is 2.34. The van der Waals surface area contributed by atoms with E-state index in [-0.39, 0.29) is 11.6 Å². The van der Waals surface area contributed by atoms with Gasteiger partial charge in [0.05, 0.1) is 26.1 Å². The predicted octanol–water partition coefficient (Wildman–Crippen LogP) is 3.13. The Morgan fingerprint density at radius 3 is 2.58 bits per heavy atom. The van der Waals surface area contributed by atoms with Gasteiger partial charge in [0.2, 0.25) is 0 Å². The lowest BCUT2D eigenvalue weighted by atomic mass is 10.1. The lowest BCUT2D eigenvalue weighted by molar-refractivity contribution is -0.118. The molecule has 2 aromatic heterocycles. The van der Waals surface area contributed by atoms with E-state index in [9.17, 15) is 14.0 Å². The summed E-state index contributed by atoms with van der Waals surface area (Å²) in [7, 11) is 2.99. The van der Waals surface area contributed by atoms with E-state index < -0.39 is 17.8 Å². The standard InChI is InChI=1S/C23H19FN4O4S/c1-4-21-26-18(13-33-21)22(29)28(15-9-16(31-2)11-17(10-15)32-3)19-7-8-27(23(19)30)20-6-5-14(24)12-25-20/h1,5-6,9-13,19H,7-8H2,2-3H3. The van der Waals surface area contributed by atoms with Gasteiger partial charge in [0.25, 0.3) is 11.8 Å². The van der Waals surface area contributed by atoms with Crippen LogP contribution in [-0.4, -0.2) is 48.6 Å². The van der Waals surface area contributed by atoms with Crippen LogP contribution in [0.3, 0.4) is 0 Å². The molecule has 168 valence electrons. The van der Waals surface area contributed by atoms with Gasteiger partial charge in [-0.25, -0.2) is 14.4 Å². The van der Waals surface area contributed by atoms with E-state index in [2.05, 4.69) is 15.9 Å². The molecule has 1 unspecified atom stereocenters. The smallest absolute Gasteiger partial charge is 0.278 e. The second kappa shape index (κ2) is 9.26. The monoisotopic (exact) mass is 466 g/mol. The van der Waals surface area contributed by atoms with Gasteiger partial charge >= 0.3 is 0 Å². The van der Waals surface area contributed by atoms with Gasteiger partial charge in [0.1, 0.15) is 34.9 Å². The van der Waals surface area contributed by atoms with E-state index in [0.29, 0.717) is 41.0 Å². The molecule has 0 bridgehead atoms. The molecule has 1 saturated heterocycles. The molecule has 1 atom stereocenters. The highest BCUT2D eigenvalue weighted by Gasteiger charge is 2.41. The third kappa shape index (κ3) is 4.36. The first-order valence-electron chi connectivity index (χ1n) is 9.87. The Morgan fingerprint density at radius 2 is 2.00 bits per heavy atom. The van der Waals surface area contributed by atoms with Gasteiger partial charge in [-0.15, -0.1) is 17.8 Å². The molecule has 1 aliphatic rings. The third-order valence-corrected chi connectivity index (χ3v) is 5.93. The zero-order valence-electron chi connectivity index (χ0n) is 17.8. The Morgan fingerprint density at radius 1 is 1.27 bits per heavy atom. The summed E-state index contributed by atoms with van der Waals surface area (Å²) in [6.45, 7) is 0.305. The molecule has 8 nitrogen and oxygen atoms in total. The number of anilines is 2. The predicted molar refractivity (Wildman–Crippen MR) is 121 cm³/mol. The number of pyridine rings is 1. The molecule has 1 aromatic carbocycles. The van der Waals surface area contributed by atoms with Crippen LogP contribution in [0.5, 0.6) is 11.5 Å². The van der Waals surface area contributed by atoms with Crippen LogP contribution in [0.4, 0.5) is 15.9 Å². The number of rotatable bonds is 6. The maximum absolute atomic E-state index is 13.6. The van der Waals surface area contributed by atoms with Gasteiger partial charge < -0.3 is 9.47 Å². The molecule has 33 heavy (non-hydrogen) atoms. The molecule has 4 rings (SSSR count). The van der Waals surface area contributed by atoms with E-state index in [1.807, 2.05) is 0 Å². The number of thiazole rings is 1. The van der Waals surface area contributed by atoms with Gasteiger partial charge in [-0.2, -0.15) is 0 Å². The van der Waals surface area contributed by atoms with Crippen molar-refractivity contribution in [3.05, 3.63) is 58.4 Å². The second-order valence-corrected chi connectivity index (χ2v) is 7.92. The van der Waals surface area contributed by atoms with Crippen LogP contribution in [0.1, 0.15) is 21.9 Å². The summed E-state index contributed by atoms with van der Waals surface area (Å²) in [6.07, 6.45) is 6.78. The number of nitrogens with zero attached hydrogens (tertiary/aromatic N) is 4. The first kappa shape index (κ1) is 22.2. The zero-order valence-corrected chi connectivity index (χ0v) is 18.6. The van der Waals surface area contributed by atoms with Crippen LogP contribution in [-0.2, 0) is 4.79 Å². The molecular formula is C23H19FN4O4S. The van der Waals surface area contributed by atoms with Crippen LogP contribution in [0.15, 0.2) is 41.9 Å². The number of carbonyl (C=O) groups is 2. The largest absolute Gasteiger partial charge is 0.497 e. The number of ether oxygens (including phenoxy) is 2. The summed E-state index contributed by atoms with van der Waals surface area (Å²) in [6, 6.07) is 6.75. The number of carbonyl (C=O) groups excluding carboxylic acids is 2.